The second-order valence-corrected chi connectivity index (χ2v) is 6.16. The molecule has 0 amide bonds. The van der Waals surface area contributed by atoms with Gasteiger partial charge in [-0.15, -0.1) is 11.3 Å². The van der Waals surface area contributed by atoms with Crippen molar-refractivity contribution in [3.8, 4) is 10.8 Å². The lowest BCUT2D eigenvalue weighted by Gasteiger charge is -2.04. The number of nitrogens with zero attached hydrogens (tertiary/aromatic N) is 4. The molecule has 0 bridgehead atoms. The SMILES string of the molecule is COCc1noc(-c2cc3sc(N(C)C)nc3s2)n1. The minimum Gasteiger partial charge on any atom is -0.377 e. The summed E-state index contributed by atoms with van der Waals surface area (Å²) in [4.78, 5) is 12.8. The molecule has 0 aliphatic rings. The summed E-state index contributed by atoms with van der Waals surface area (Å²) in [5, 5.41) is 4.85. The maximum absolute atomic E-state index is 5.22. The van der Waals surface area contributed by atoms with Crippen LogP contribution in [0.2, 0.25) is 0 Å². The lowest BCUT2D eigenvalue weighted by Crippen LogP contribution is -2.07. The molecule has 0 aromatic carbocycles. The number of ether oxygens (including phenoxy) is 1. The van der Waals surface area contributed by atoms with Crippen LogP contribution in [-0.2, 0) is 11.3 Å². The fraction of sp³-hybridized carbons (Fsp3) is 0.364. The first-order valence-electron chi connectivity index (χ1n) is 5.57. The quantitative estimate of drug-likeness (QED) is 0.737. The van der Waals surface area contributed by atoms with Crippen LogP contribution in [0.25, 0.3) is 20.3 Å². The van der Waals surface area contributed by atoms with E-state index < -0.39 is 0 Å². The molecule has 0 unspecified atom stereocenters. The molecule has 19 heavy (non-hydrogen) atoms. The first-order valence-corrected chi connectivity index (χ1v) is 7.20. The number of thiophene rings is 1. The van der Waals surface area contributed by atoms with E-state index in [1.807, 2.05) is 25.1 Å². The van der Waals surface area contributed by atoms with Crippen LogP contribution in [0.15, 0.2) is 10.6 Å². The fourth-order valence-electron chi connectivity index (χ4n) is 1.56. The number of aromatic nitrogens is 3. The number of rotatable bonds is 4. The molecule has 6 nitrogen and oxygen atoms in total. The highest BCUT2D eigenvalue weighted by Gasteiger charge is 2.15. The number of hydrogen-bond donors (Lipinski definition) is 0. The second kappa shape index (κ2) is 4.87. The molecule has 0 atom stereocenters. The van der Waals surface area contributed by atoms with Gasteiger partial charge >= 0.3 is 0 Å². The molecule has 0 spiro atoms. The molecule has 0 aliphatic carbocycles. The van der Waals surface area contributed by atoms with Gasteiger partial charge in [0.2, 0.25) is 0 Å². The van der Waals surface area contributed by atoms with E-state index in [9.17, 15) is 0 Å². The summed E-state index contributed by atoms with van der Waals surface area (Å²) in [7, 11) is 5.57. The Hall–Kier alpha value is -1.51. The van der Waals surface area contributed by atoms with Crippen molar-refractivity contribution in [3.05, 3.63) is 11.9 Å². The van der Waals surface area contributed by atoms with E-state index in [0.29, 0.717) is 18.3 Å². The summed E-state index contributed by atoms with van der Waals surface area (Å²) < 4.78 is 11.3. The van der Waals surface area contributed by atoms with Gasteiger partial charge in [0.05, 0.1) is 9.58 Å². The van der Waals surface area contributed by atoms with Crippen LogP contribution in [0.3, 0.4) is 0 Å². The monoisotopic (exact) mass is 296 g/mol. The summed E-state index contributed by atoms with van der Waals surface area (Å²) in [5.41, 5.74) is 0. The van der Waals surface area contributed by atoms with Crippen LogP contribution < -0.4 is 4.90 Å². The van der Waals surface area contributed by atoms with Crippen LogP contribution in [0.1, 0.15) is 5.82 Å². The first kappa shape index (κ1) is 12.5. The topological polar surface area (TPSA) is 64.3 Å². The first-order chi connectivity index (χ1) is 9.17. The van der Waals surface area contributed by atoms with Crippen molar-refractivity contribution in [3.63, 3.8) is 0 Å². The maximum atomic E-state index is 5.22. The molecule has 3 rings (SSSR count). The number of anilines is 1. The van der Waals surface area contributed by atoms with Gasteiger partial charge in [0.15, 0.2) is 11.0 Å². The zero-order valence-corrected chi connectivity index (χ0v) is 12.3. The average Bonchev–Trinajstić information content (AvgIpc) is 3.00. The third-order valence-electron chi connectivity index (χ3n) is 2.41. The van der Waals surface area contributed by atoms with Gasteiger partial charge < -0.3 is 14.2 Å². The van der Waals surface area contributed by atoms with Gasteiger partial charge in [0.25, 0.3) is 5.89 Å². The average molecular weight is 296 g/mol. The molecule has 3 aromatic rings. The highest BCUT2D eigenvalue weighted by molar-refractivity contribution is 7.30. The van der Waals surface area contributed by atoms with Gasteiger partial charge in [-0.2, -0.15) is 4.98 Å². The summed E-state index contributed by atoms with van der Waals surface area (Å²) in [6.45, 7) is 0.353. The highest BCUT2D eigenvalue weighted by atomic mass is 32.1. The van der Waals surface area contributed by atoms with Gasteiger partial charge in [-0.05, 0) is 6.07 Å². The number of thiazole rings is 1. The van der Waals surface area contributed by atoms with Crippen LogP contribution in [0, 0.1) is 0 Å². The standard InChI is InChI=1S/C11H12N4O2S2/c1-15(2)11-13-10-7(19-11)4-6(18-10)9-12-8(5-16-3)14-17-9/h4H,5H2,1-3H3. The van der Waals surface area contributed by atoms with Gasteiger partial charge in [-0.1, -0.05) is 16.5 Å². The minimum absolute atomic E-state index is 0.353. The maximum Gasteiger partial charge on any atom is 0.268 e. The lowest BCUT2D eigenvalue weighted by molar-refractivity contribution is 0.174. The largest absolute Gasteiger partial charge is 0.377 e. The zero-order chi connectivity index (χ0) is 13.4. The molecule has 3 aromatic heterocycles. The Morgan fingerprint density at radius 2 is 2.16 bits per heavy atom. The van der Waals surface area contributed by atoms with E-state index in [0.717, 1.165) is 19.5 Å². The molecule has 3 heterocycles. The van der Waals surface area contributed by atoms with Crippen molar-refractivity contribution in [1.29, 1.82) is 0 Å². The molecular weight excluding hydrogens is 284 g/mol. The second-order valence-electron chi connectivity index (χ2n) is 4.12. The van der Waals surface area contributed by atoms with Crippen LogP contribution in [-0.4, -0.2) is 36.3 Å². The summed E-state index contributed by atoms with van der Waals surface area (Å²) in [6, 6.07) is 2.04. The Morgan fingerprint density at radius 1 is 1.32 bits per heavy atom. The molecule has 0 aliphatic heterocycles. The molecule has 0 N–H and O–H groups in total. The normalized spacial score (nSPS) is 11.3. The van der Waals surface area contributed by atoms with E-state index in [2.05, 4.69) is 15.1 Å². The van der Waals surface area contributed by atoms with E-state index in [1.165, 1.54) is 0 Å². The van der Waals surface area contributed by atoms with Crippen molar-refractivity contribution >= 4 is 37.3 Å². The van der Waals surface area contributed by atoms with Crippen molar-refractivity contribution in [2.45, 2.75) is 6.61 Å². The predicted molar refractivity (Wildman–Crippen MR) is 75.8 cm³/mol. The smallest absolute Gasteiger partial charge is 0.268 e. The Balaban J connectivity index is 1.94. The van der Waals surface area contributed by atoms with Crippen molar-refractivity contribution < 1.29 is 9.26 Å². The van der Waals surface area contributed by atoms with E-state index in [4.69, 9.17) is 9.26 Å². The van der Waals surface area contributed by atoms with Gasteiger partial charge in [-0.3, -0.25) is 0 Å². The molecular formula is C11H12N4O2S2. The van der Waals surface area contributed by atoms with Gasteiger partial charge in [0.1, 0.15) is 11.4 Å². The molecule has 0 radical (unpaired) electrons. The zero-order valence-electron chi connectivity index (χ0n) is 10.7. The van der Waals surface area contributed by atoms with Crippen molar-refractivity contribution in [2.75, 3.05) is 26.1 Å². The summed E-state index contributed by atoms with van der Waals surface area (Å²) >= 11 is 3.20. The number of fused-ring (bicyclic) bond motifs is 1. The summed E-state index contributed by atoms with van der Waals surface area (Å²) in [5.74, 6) is 1.07. The lowest BCUT2D eigenvalue weighted by atomic mass is 10.4. The van der Waals surface area contributed by atoms with Crippen molar-refractivity contribution in [1.82, 2.24) is 15.1 Å². The molecule has 0 saturated carbocycles. The van der Waals surface area contributed by atoms with Crippen molar-refractivity contribution in [2.24, 2.45) is 0 Å². The minimum atomic E-state index is 0.353. The third kappa shape index (κ3) is 2.34. The molecule has 100 valence electrons. The molecule has 8 heteroatoms. The third-order valence-corrected chi connectivity index (χ3v) is 4.73. The number of methoxy groups -OCH3 is 1. The fourth-order valence-corrected chi connectivity index (χ4v) is 3.62. The Labute approximate surface area is 117 Å². The van der Waals surface area contributed by atoms with E-state index >= 15 is 0 Å². The van der Waals surface area contributed by atoms with Crippen LogP contribution >= 0.6 is 22.7 Å². The summed E-state index contributed by atoms with van der Waals surface area (Å²) in [6.07, 6.45) is 0. The Kier molecular flexibility index (Phi) is 3.21. The van der Waals surface area contributed by atoms with Gasteiger partial charge in [-0.25, -0.2) is 4.98 Å². The van der Waals surface area contributed by atoms with E-state index in [1.54, 1.807) is 29.8 Å². The van der Waals surface area contributed by atoms with Crippen LogP contribution in [0.4, 0.5) is 5.13 Å². The Morgan fingerprint density at radius 3 is 2.84 bits per heavy atom. The van der Waals surface area contributed by atoms with Gasteiger partial charge in [0, 0.05) is 21.2 Å². The predicted octanol–water partition coefficient (Wildman–Crippen LogP) is 2.62. The van der Waals surface area contributed by atoms with E-state index in [-0.39, 0.29) is 0 Å². The Bertz CT molecular complexity index is 669. The van der Waals surface area contributed by atoms with Crippen LogP contribution in [0.5, 0.6) is 0 Å². The number of hydrogen-bond acceptors (Lipinski definition) is 8. The molecule has 0 fully saturated rings. The molecule has 0 saturated heterocycles. The highest BCUT2D eigenvalue weighted by Crippen LogP contribution is 2.37.